The van der Waals surface area contributed by atoms with Gasteiger partial charge in [0.25, 0.3) is 0 Å². The average Bonchev–Trinajstić information content (AvgIpc) is 3.40. The summed E-state index contributed by atoms with van der Waals surface area (Å²) in [6.45, 7) is 6.87. The standard InChI is InChI=1S/C26H26N2O3S/c1-26(2,3)18-9-11-20-21(14-27)24(32-23(20)13-18)28-15-19-10-12-22(31-19)16-5-7-17(8-6-16)25(29)30-4/h5-8,10,12,15,18H,9,11,13H2,1-4H3/t18-/m1/s1. The lowest BCUT2D eigenvalue weighted by molar-refractivity contribution is 0.0600. The van der Waals surface area contributed by atoms with Crippen molar-refractivity contribution in [2.45, 2.75) is 40.0 Å². The summed E-state index contributed by atoms with van der Waals surface area (Å²) >= 11 is 1.63. The summed E-state index contributed by atoms with van der Waals surface area (Å²) in [5.74, 6) is 1.54. The minimum Gasteiger partial charge on any atom is -0.465 e. The molecule has 1 aromatic carbocycles. The van der Waals surface area contributed by atoms with E-state index in [2.05, 4.69) is 31.8 Å². The third-order valence-electron chi connectivity index (χ3n) is 6.11. The summed E-state index contributed by atoms with van der Waals surface area (Å²) in [4.78, 5) is 17.5. The molecule has 1 aliphatic carbocycles. The van der Waals surface area contributed by atoms with Crippen molar-refractivity contribution >= 4 is 28.5 Å². The third kappa shape index (κ3) is 4.39. The summed E-state index contributed by atoms with van der Waals surface area (Å²) < 4.78 is 10.6. The third-order valence-corrected chi connectivity index (χ3v) is 7.27. The maximum Gasteiger partial charge on any atom is 0.337 e. The Kier molecular flexibility index (Phi) is 6.03. The first-order chi connectivity index (χ1) is 15.3. The molecule has 32 heavy (non-hydrogen) atoms. The number of hydrogen-bond donors (Lipinski definition) is 0. The SMILES string of the molecule is COC(=O)c1ccc(-c2ccc(C=Nc3sc4c(c3C#N)CC[C@@H](C(C)(C)C)C4)o2)cc1. The number of nitriles is 1. The van der Waals surface area contributed by atoms with Crippen molar-refractivity contribution in [2.24, 2.45) is 16.3 Å². The molecule has 1 aliphatic rings. The Morgan fingerprint density at radius 1 is 1.25 bits per heavy atom. The van der Waals surface area contributed by atoms with Crippen LogP contribution in [0.4, 0.5) is 5.00 Å². The molecule has 1 atom stereocenters. The van der Waals surface area contributed by atoms with Crippen molar-refractivity contribution in [1.29, 1.82) is 5.26 Å². The largest absolute Gasteiger partial charge is 0.465 e. The molecular weight excluding hydrogens is 420 g/mol. The van der Waals surface area contributed by atoms with Crippen LogP contribution in [0.25, 0.3) is 11.3 Å². The number of carbonyl (C=O) groups excluding carboxylic acids is 1. The van der Waals surface area contributed by atoms with Gasteiger partial charge in [0.1, 0.15) is 22.6 Å². The predicted octanol–water partition coefficient (Wildman–Crippen LogP) is 6.57. The average molecular weight is 447 g/mol. The topological polar surface area (TPSA) is 75.6 Å². The van der Waals surface area contributed by atoms with Crippen LogP contribution in [0.3, 0.4) is 0 Å². The number of nitrogens with zero attached hydrogens (tertiary/aromatic N) is 2. The zero-order valence-corrected chi connectivity index (χ0v) is 19.6. The lowest BCUT2D eigenvalue weighted by Crippen LogP contribution is -2.26. The summed E-state index contributed by atoms with van der Waals surface area (Å²) in [5.41, 5.74) is 3.49. The van der Waals surface area contributed by atoms with E-state index >= 15 is 0 Å². The maximum atomic E-state index is 11.6. The van der Waals surface area contributed by atoms with Gasteiger partial charge >= 0.3 is 5.97 Å². The monoisotopic (exact) mass is 446 g/mol. The molecule has 0 fully saturated rings. The first-order valence-corrected chi connectivity index (χ1v) is 11.5. The first-order valence-electron chi connectivity index (χ1n) is 10.7. The second-order valence-electron chi connectivity index (χ2n) is 9.13. The molecule has 0 saturated heterocycles. The number of ether oxygens (including phenoxy) is 1. The van der Waals surface area contributed by atoms with E-state index in [-0.39, 0.29) is 11.4 Å². The number of furan rings is 1. The van der Waals surface area contributed by atoms with Gasteiger partial charge in [-0.2, -0.15) is 5.26 Å². The van der Waals surface area contributed by atoms with Crippen LogP contribution in [-0.4, -0.2) is 19.3 Å². The highest BCUT2D eigenvalue weighted by atomic mass is 32.1. The van der Waals surface area contributed by atoms with E-state index in [9.17, 15) is 10.1 Å². The van der Waals surface area contributed by atoms with Crippen LogP contribution in [0.15, 0.2) is 45.8 Å². The number of methoxy groups -OCH3 is 1. The molecule has 0 spiro atoms. The lowest BCUT2D eigenvalue weighted by atomic mass is 9.72. The smallest absolute Gasteiger partial charge is 0.337 e. The van der Waals surface area contributed by atoms with Crippen LogP contribution >= 0.6 is 11.3 Å². The number of esters is 1. The van der Waals surface area contributed by atoms with E-state index in [0.717, 1.165) is 29.8 Å². The Hall–Kier alpha value is -3.17. The first kappa shape index (κ1) is 22.0. The fourth-order valence-electron chi connectivity index (χ4n) is 4.10. The van der Waals surface area contributed by atoms with Crippen molar-refractivity contribution in [3.05, 3.63) is 63.7 Å². The van der Waals surface area contributed by atoms with Crippen molar-refractivity contribution in [3.63, 3.8) is 0 Å². The van der Waals surface area contributed by atoms with E-state index in [1.807, 2.05) is 24.3 Å². The van der Waals surface area contributed by atoms with E-state index in [4.69, 9.17) is 9.15 Å². The van der Waals surface area contributed by atoms with E-state index in [1.54, 1.807) is 29.7 Å². The Bertz CT molecular complexity index is 1200. The van der Waals surface area contributed by atoms with Crippen LogP contribution in [0, 0.1) is 22.7 Å². The predicted molar refractivity (Wildman–Crippen MR) is 127 cm³/mol. The molecule has 2 aromatic heterocycles. The zero-order chi connectivity index (χ0) is 22.9. The van der Waals surface area contributed by atoms with Gasteiger partial charge in [-0.25, -0.2) is 9.79 Å². The number of carbonyl (C=O) groups is 1. The van der Waals surface area contributed by atoms with Crippen LogP contribution < -0.4 is 0 Å². The van der Waals surface area contributed by atoms with Gasteiger partial charge in [0.2, 0.25) is 0 Å². The van der Waals surface area contributed by atoms with Gasteiger partial charge in [0.05, 0.1) is 24.5 Å². The maximum absolute atomic E-state index is 11.6. The van der Waals surface area contributed by atoms with Crippen LogP contribution in [0.5, 0.6) is 0 Å². The Labute approximate surface area is 192 Å². The molecule has 0 amide bonds. The van der Waals surface area contributed by atoms with Crippen molar-refractivity contribution in [1.82, 2.24) is 0 Å². The minimum absolute atomic E-state index is 0.261. The number of benzene rings is 1. The Balaban J connectivity index is 1.54. The summed E-state index contributed by atoms with van der Waals surface area (Å²) in [6, 6.07) is 13.1. The van der Waals surface area contributed by atoms with Gasteiger partial charge in [0, 0.05) is 10.4 Å². The molecule has 164 valence electrons. The number of fused-ring (bicyclic) bond motifs is 1. The van der Waals surface area contributed by atoms with Crippen molar-refractivity contribution in [3.8, 4) is 17.4 Å². The summed E-state index contributed by atoms with van der Waals surface area (Å²) in [5, 5.41) is 10.5. The van der Waals surface area contributed by atoms with Gasteiger partial charge in [-0.1, -0.05) is 32.9 Å². The molecule has 3 aromatic rings. The van der Waals surface area contributed by atoms with E-state index in [1.165, 1.54) is 17.6 Å². The lowest BCUT2D eigenvalue weighted by Gasteiger charge is -2.33. The van der Waals surface area contributed by atoms with Crippen LogP contribution in [-0.2, 0) is 17.6 Å². The molecule has 5 nitrogen and oxygen atoms in total. The molecule has 2 heterocycles. The molecule has 0 aliphatic heterocycles. The van der Waals surface area contributed by atoms with E-state index < -0.39 is 0 Å². The zero-order valence-electron chi connectivity index (χ0n) is 18.8. The number of thiophene rings is 1. The van der Waals surface area contributed by atoms with Gasteiger partial charge in [-0.15, -0.1) is 11.3 Å². The fourth-order valence-corrected chi connectivity index (χ4v) is 5.33. The normalized spacial score (nSPS) is 16.0. The number of aliphatic imine (C=N–C) groups is 1. The number of hydrogen-bond acceptors (Lipinski definition) is 6. The Morgan fingerprint density at radius 2 is 2.00 bits per heavy atom. The van der Waals surface area contributed by atoms with Gasteiger partial charge in [-0.05, 0) is 60.4 Å². The Morgan fingerprint density at radius 3 is 2.66 bits per heavy atom. The van der Waals surface area contributed by atoms with Gasteiger partial charge < -0.3 is 9.15 Å². The molecule has 4 rings (SSSR count). The second-order valence-corrected chi connectivity index (χ2v) is 10.2. The second kappa shape index (κ2) is 8.76. The van der Waals surface area contributed by atoms with Crippen molar-refractivity contribution < 1.29 is 13.9 Å². The van der Waals surface area contributed by atoms with Crippen molar-refractivity contribution in [2.75, 3.05) is 7.11 Å². The minimum atomic E-state index is -0.371. The summed E-state index contributed by atoms with van der Waals surface area (Å²) in [7, 11) is 1.36. The number of rotatable bonds is 4. The van der Waals surface area contributed by atoms with E-state index in [0.29, 0.717) is 28.6 Å². The molecule has 0 saturated carbocycles. The molecule has 6 heteroatoms. The highest BCUT2D eigenvalue weighted by Gasteiger charge is 2.32. The van der Waals surface area contributed by atoms with Crippen LogP contribution in [0.2, 0.25) is 0 Å². The molecule has 0 unspecified atom stereocenters. The highest BCUT2D eigenvalue weighted by Crippen LogP contribution is 2.44. The molecule has 0 radical (unpaired) electrons. The van der Waals surface area contributed by atoms with Gasteiger partial charge in [-0.3, -0.25) is 0 Å². The highest BCUT2D eigenvalue weighted by molar-refractivity contribution is 7.16. The quantitative estimate of drug-likeness (QED) is 0.336. The molecular formula is C26H26N2O3S. The molecule has 0 bridgehead atoms. The fraction of sp³-hybridized carbons (Fsp3) is 0.346. The summed E-state index contributed by atoms with van der Waals surface area (Å²) in [6.07, 6.45) is 4.74. The van der Waals surface area contributed by atoms with Gasteiger partial charge in [0.15, 0.2) is 0 Å². The molecule has 0 N–H and O–H groups in total. The van der Waals surface area contributed by atoms with Crippen LogP contribution in [0.1, 0.15) is 59.3 Å².